The number of carbonyl (C=O) groups is 3. The molecule has 0 heterocycles. The number of nitrogens with one attached hydrogen (secondary N) is 3. The maximum absolute atomic E-state index is 11.7. The molecule has 1 saturated carbocycles. The molecule has 0 bridgehead atoms. The molecule has 7 nitrogen and oxygen atoms in total. The molecule has 1 aliphatic rings. The molecule has 24 heavy (non-hydrogen) atoms. The second-order valence-electron chi connectivity index (χ2n) is 6.86. The van der Waals surface area contributed by atoms with E-state index in [1.54, 1.807) is 26.8 Å². The number of rotatable bonds is 7. The molecule has 0 saturated heterocycles. The molecule has 0 aromatic rings. The Morgan fingerprint density at radius 1 is 1.04 bits per heavy atom. The minimum Gasteiger partial charge on any atom is -0.444 e. The van der Waals surface area contributed by atoms with Crippen molar-refractivity contribution in [3.8, 4) is 0 Å². The third-order valence-corrected chi connectivity index (χ3v) is 3.35. The molecule has 1 fully saturated rings. The summed E-state index contributed by atoms with van der Waals surface area (Å²) >= 11 is 0. The zero-order valence-corrected chi connectivity index (χ0v) is 14.9. The molecular weight excluding hydrogens is 310 g/mol. The number of carbonyl (C=O) groups excluding carboxylic acids is 3. The summed E-state index contributed by atoms with van der Waals surface area (Å²) in [6, 6.07) is 0. The molecule has 3 amide bonds. The van der Waals surface area contributed by atoms with Crippen molar-refractivity contribution in [3.63, 3.8) is 0 Å². The summed E-state index contributed by atoms with van der Waals surface area (Å²) in [5.41, 5.74) is 0.626. The van der Waals surface area contributed by atoms with Crippen molar-refractivity contribution in [3.05, 3.63) is 11.6 Å². The summed E-state index contributed by atoms with van der Waals surface area (Å²) < 4.78 is 5.03. The van der Waals surface area contributed by atoms with E-state index in [9.17, 15) is 14.4 Å². The van der Waals surface area contributed by atoms with Gasteiger partial charge in [0.1, 0.15) is 5.60 Å². The molecule has 136 valence electrons. The maximum atomic E-state index is 11.7. The van der Waals surface area contributed by atoms with E-state index in [1.165, 1.54) is 18.4 Å². The molecule has 0 aromatic carbocycles. The molecule has 3 N–H and O–H groups in total. The van der Waals surface area contributed by atoms with Gasteiger partial charge in [0.05, 0.1) is 6.54 Å². The Kier molecular flexibility index (Phi) is 8.29. The predicted molar refractivity (Wildman–Crippen MR) is 91.4 cm³/mol. The quantitative estimate of drug-likeness (QED) is 0.485. The summed E-state index contributed by atoms with van der Waals surface area (Å²) in [6.45, 7) is 6.07. The lowest BCUT2D eigenvalue weighted by atomic mass is 10.2. The van der Waals surface area contributed by atoms with Gasteiger partial charge in [-0.25, -0.2) is 4.79 Å². The van der Waals surface area contributed by atoms with Gasteiger partial charge in [-0.2, -0.15) is 0 Å². The lowest BCUT2D eigenvalue weighted by Gasteiger charge is -2.19. The predicted octanol–water partition coefficient (Wildman–Crippen LogP) is 1.63. The Balaban J connectivity index is 2.04. The number of hydrogen-bond donors (Lipinski definition) is 3. The number of hydrogen-bond acceptors (Lipinski definition) is 4. The van der Waals surface area contributed by atoms with Gasteiger partial charge in [-0.3, -0.25) is 9.59 Å². The summed E-state index contributed by atoms with van der Waals surface area (Å²) in [7, 11) is 0. The fourth-order valence-corrected chi connectivity index (χ4v) is 2.27. The van der Waals surface area contributed by atoms with Gasteiger partial charge in [-0.1, -0.05) is 5.57 Å². The van der Waals surface area contributed by atoms with Gasteiger partial charge >= 0.3 is 6.09 Å². The standard InChI is InChI=1S/C17H29N3O4/c1-17(2,3)24-16(23)20-12-15(22)19-10-6-9-18-14(21)11-13-7-4-5-8-13/h11H,4-10,12H2,1-3H3,(H,18,21)(H,19,22)(H,20,23). The zero-order chi connectivity index (χ0) is 18.0. The molecule has 0 aliphatic heterocycles. The molecular formula is C17H29N3O4. The van der Waals surface area contributed by atoms with Crippen molar-refractivity contribution in [1.29, 1.82) is 0 Å². The summed E-state index contributed by atoms with van der Waals surface area (Å²) in [5, 5.41) is 7.86. The van der Waals surface area contributed by atoms with E-state index in [4.69, 9.17) is 4.74 Å². The van der Waals surface area contributed by atoms with E-state index in [0.29, 0.717) is 19.5 Å². The van der Waals surface area contributed by atoms with Crippen LogP contribution in [0.25, 0.3) is 0 Å². The largest absolute Gasteiger partial charge is 0.444 e. The Bertz CT molecular complexity index is 473. The highest BCUT2D eigenvalue weighted by molar-refractivity contribution is 5.88. The topological polar surface area (TPSA) is 96.5 Å². The smallest absolute Gasteiger partial charge is 0.408 e. The SMILES string of the molecule is CC(C)(C)OC(=O)NCC(=O)NCCCNC(=O)C=C1CCCC1. The van der Waals surface area contributed by atoms with Crippen LogP contribution in [0.15, 0.2) is 11.6 Å². The summed E-state index contributed by atoms with van der Waals surface area (Å²) in [4.78, 5) is 34.6. The van der Waals surface area contributed by atoms with Crippen molar-refractivity contribution < 1.29 is 19.1 Å². The first kappa shape index (κ1) is 20.0. The average molecular weight is 339 g/mol. The van der Waals surface area contributed by atoms with Crippen LogP contribution in [0.2, 0.25) is 0 Å². The molecule has 0 atom stereocenters. The number of alkyl carbamates (subject to hydrolysis) is 1. The highest BCUT2D eigenvalue weighted by Gasteiger charge is 2.16. The van der Waals surface area contributed by atoms with Crippen LogP contribution in [-0.2, 0) is 14.3 Å². The second kappa shape index (κ2) is 9.95. The average Bonchev–Trinajstić information content (AvgIpc) is 2.95. The number of allylic oxidation sites excluding steroid dienone is 1. The molecule has 0 aromatic heterocycles. The van der Waals surface area contributed by atoms with Gasteiger partial charge in [0.25, 0.3) is 0 Å². The molecule has 1 rings (SSSR count). The Morgan fingerprint density at radius 2 is 1.67 bits per heavy atom. The Morgan fingerprint density at radius 3 is 2.29 bits per heavy atom. The first-order chi connectivity index (χ1) is 11.3. The van der Waals surface area contributed by atoms with E-state index in [1.807, 2.05) is 0 Å². The van der Waals surface area contributed by atoms with Gasteiger partial charge in [0, 0.05) is 19.2 Å². The van der Waals surface area contributed by atoms with Crippen molar-refractivity contribution in [2.24, 2.45) is 0 Å². The minimum atomic E-state index is -0.620. The monoisotopic (exact) mass is 339 g/mol. The second-order valence-corrected chi connectivity index (χ2v) is 6.86. The first-order valence-electron chi connectivity index (χ1n) is 8.47. The van der Waals surface area contributed by atoms with E-state index in [2.05, 4.69) is 16.0 Å². The zero-order valence-electron chi connectivity index (χ0n) is 14.9. The van der Waals surface area contributed by atoms with Crippen LogP contribution in [0.1, 0.15) is 52.9 Å². The molecule has 0 radical (unpaired) electrons. The molecule has 1 aliphatic carbocycles. The maximum Gasteiger partial charge on any atom is 0.408 e. The highest BCUT2D eigenvalue weighted by Crippen LogP contribution is 2.23. The molecule has 0 spiro atoms. The van der Waals surface area contributed by atoms with Crippen LogP contribution < -0.4 is 16.0 Å². The van der Waals surface area contributed by atoms with Gasteiger partial charge in [0.2, 0.25) is 11.8 Å². The third-order valence-electron chi connectivity index (χ3n) is 3.35. The minimum absolute atomic E-state index is 0.0650. The first-order valence-corrected chi connectivity index (χ1v) is 8.47. The van der Waals surface area contributed by atoms with Crippen LogP contribution in [0.5, 0.6) is 0 Å². The van der Waals surface area contributed by atoms with E-state index in [0.717, 1.165) is 12.8 Å². The van der Waals surface area contributed by atoms with Crippen molar-refractivity contribution >= 4 is 17.9 Å². The van der Waals surface area contributed by atoms with Crippen LogP contribution in [0.4, 0.5) is 4.79 Å². The van der Waals surface area contributed by atoms with Gasteiger partial charge in [-0.15, -0.1) is 0 Å². The van der Waals surface area contributed by atoms with E-state index < -0.39 is 11.7 Å². The van der Waals surface area contributed by atoms with Gasteiger partial charge in [0.15, 0.2) is 0 Å². The fraction of sp³-hybridized carbons (Fsp3) is 0.706. The Hall–Kier alpha value is -2.05. The number of ether oxygens (including phenoxy) is 1. The third kappa shape index (κ3) is 9.86. The highest BCUT2D eigenvalue weighted by atomic mass is 16.6. The summed E-state index contributed by atoms with van der Waals surface area (Å²) in [5.74, 6) is -0.356. The molecule has 0 unspecified atom stereocenters. The van der Waals surface area contributed by atoms with Gasteiger partial charge in [-0.05, 0) is 52.9 Å². The lowest BCUT2D eigenvalue weighted by Crippen LogP contribution is -2.40. The number of amides is 3. The van der Waals surface area contributed by atoms with Crippen molar-refractivity contribution in [2.45, 2.75) is 58.5 Å². The van der Waals surface area contributed by atoms with Crippen LogP contribution >= 0.6 is 0 Å². The van der Waals surface area contributed by atoms with Crippen molar-refractivity contribution in [2.75, 3.05) is 19.6 Å². The van der Waals surface area contributed by atoms with Crippen LogP contribution in [0.3, 0.4) is 0 Å². The normalized spacial score (nSPS) is 14.0. The van der Waals surface area contributed by atoms with Crippen LogP contribution in [-0.4, -0.2) is 43.1 Å². The summed E-state index contributed by atoms with van der Waals surface area (Å²) in [6.07, 6.45) is 6.08. The Labute approximate surface area is 143 Å². The van der Waals surface area contributed by atoms with E-state index >= 15 is 0 Å². The molecule has 7 heteroatoms. The van der Waals surface area contributed by atoms with E-state index in [-0.39, 0.29) is 18.4 Å². The van der Waals surface area contributed by atoms with Crippen molar-refractivity contribution in [1.82, 2.24) is 16.0 Å². The lowest BCUT2D eigenvalue weighted by molar-refractivity contribution is -0.120. The van der Waals surface area contributed by atoms with Crippen LogP contribution in [0, 0.1) is 0 Å². The fourth-order valence-electron chi connectivity index (χ4n) is 2.27. The van der Waals surface area contributed by atoms with Gasteiger partial charge < -0.3 is 20.7 Å².